The monoisotopic (exact) mass is 407 g/mol. The van der Waals surface area contributed by atoms with Crippen LogP contribution in [0.2, 0.25) is 0 Å². The molecule has 3 rings (SSSR count). The van der Waals surface area contributed by atoms with Crippen LogP contribution in [0.1, 0.15) is 90.0 Å². The first-order chi connectivity index (χ1) is 14.8. The van der Waals surface area contributed by atoms with Gasteiger partial charge in [0.15, 0.2) is 0 Å². The van der Waals surface area contributed by atoms with Gasteiger partial charge in [-0.05, 0) is 55.2 Å². The number of aromatic nitrogens is 1. The smallest absolute Gasteiger partial charge is 0.137 e. The molecule has 0 amide bonds. The number of benzene rings is 1. The van der Waals surface area contributed by atoms with Crippen LogP contribution in [-0.2, 0) is 6.42 Å². The predicted molar refractivity (Wildman–Crippen MR) is 128 cm³/mol. The summed E-state index contributed by atoms with van der Waals surface area (Å²) in [5.74, 6) is 2.79. The summed E-state index contributed by atoms with van der Waals surface area (Å²) in [6.45, 7) is 5.17. The molecule has 2 heteroatoms. The zero-order valence-electron chi connectivity index (χ0n) is 19.2. The van der Waals surface area contributed by atoms with Crippen molar-refractivity contribution >= 4 is 0 Å². The van der Waals surface area contributed by atoms with E-state index in [0.29, 0.717) is 0 Å². The second kappa shape index (κ2) is 12.8. The third-order valence-corrected chi connectivity index (χ3v) is 6.66. The molecule has 1 fully saturated rings. The van der Waals surface area contributed by atoms with Crippen molar-refractivity contribution in [2.75, 3.05) is 6.61 Å². The number of rotatable bonds is 12. The van der Waals surface area contributed by atoms with E-state index >= 15 is 0 Å². The summed E-state index contributed by atoms with van der Waals surface area (Å²) in [4.78, 5) is 4.57. The van der Waals surface area contributed by atoms with Gasteiger partial charge in [0, 0.05) is 5.56 Å². The fourth-order valence-electron chi connectivity index (χ4n) is 4.86. The summed E-state index contributed by atoms with van der Waals surface area (Å²) in [6.07, 6.45) is 18.4. The van der Waals surface area contributed by atoms with Gasteiger partial charge >= 0.3 is 0 Å². The fourth-order valence-corrected chi connectivity index (χ4v) is 4.86. The minimum Gasteiger partial charge on any atom is -0.492 e. The molecule has 1 saturated carbocycles. The maximum absolute atomic E-state index is 5.63. The van der Waals surface area contributed by atoms with Crippen LogP contribution in [0, 0.1) is 11.8 Å². The molecule has 2 nitrogen and oxygen atoms in total. The maximum Gasteiger partial charge on any atom is 0.137 e. The molecule has 0 bridgehead atoms. The van der Waals surface area contributed by atoms with E-state index in [1.807, 2.05) is 12.3 Å². The number of hydrogen-bond donors (Lipinski definition) is 0. The molecule has 1 aromatic carbocycles. The molecule has 0 N–H and O–H groups in total. The van der Waals surface area contributed by atoms with Crippen LogP contribution in [0.3, 0.4) is 0 Å². The van der Waals surface area contributed by atoms with Crippen molar-refractivity contribution < 1.29 is 4.74 Å². The Labute approximate surface area is 184 Å². The van der Waals surface area contributed by atoms with Crippen LogP contribution in [0.4, 0.5) is 0 Å². The number of unbranched alkanes of at least 4 members (excludes halogenated alkanes) is 3. The van der Waals surface area contributed by atoms with Gasteiger partial charge in [0.1, 0.15) is 5.75 Å². The summed E-state index contributed by atoms with van der Waals surface area (Å²) in [5, 5.41) is 0. The van der Waals surface area contributed by atoms with E-state index in [9.17, 15) is 0 Å². The van der Waals surface area contributed by atoms with Crippen molar-refractivity contribution in [2.24, 2.45) is 11.8 Å². The minimum atomic E-state index is 0.746. The number of nitrogens with zero attached hydrogens (tertiary/aromatic N) is 1. The van der Waals surface area contributed by atoms with Gasteiger partial charge in [-0.15, -0.1) is 0 Å². The zero-order chi connectivity index (χ0) is 21.0. The highest BCUT2D eigenvalue weighted by Gasteiger charge is 2.21. The summed E-state index contributed by atoms with van der Waals surface area (Å²) in [7, 11) is 0. The second-order valence-corrected chi connectivity index (χ2v) is 9.21. The molecular formula is C28H41NO. The van der Waals surface area contributed by atoms with Crippen molar-refractivity contribution in [1.82, 2.24) is 4.98 Å². The average Bonchev–Trinajstić information content (AvgIpc) is 2.80. The summed E-state index contributed by atoms with van der Waals surface area (Å²) in [6, 6.07) is 13.1. The molecule has 0 saturated heterocycles. The lowest BCUT2D eigenvalue weighted by atomic mass is 9.77. The molecule has 164 valence electrons. The Bertz CT molecular complexity index is 706. The Morgan fingerprint density at radius 3 is 2.37 bits per heavy atom. The molecule has 1 aliphatic rings. The third kappa shape index (κ3) is 7.45. The Balaban J connectivity index is 1.44. The third-order valence-electron chi connectivity index (χ3n) is 6.66. The standard InChI is InChI=1S/C28H41NO/c1-3-5-6-7-9-24-10-8-11-25(21-24)13-12-23-14-16-26(17-15-23)28-19-18-27(22-29-28)30-20-4-2/h14-19,22,24-25H,3-13,20-21H2,1-2H3. The molecule has 1 aromatic heterocycles. The molecule has 1 aliphatic carbocycles. The number of ether oxygens (including phenoxy) is 1. The van der Waals surface area contributed by atoms with Crippen LogP contribution in [0.15, 0.2) is 42.6 Å². The maximum atomic E-state index is 5.63. The first-order valence-corrected chi connectivity index (χ1v) is 12.5. The van der Waals surface area contributed by atoms with E-state index < -0.39 is 0 Å². The number of aryl methyl sites for hydroxylation is 1. The van der Waals surface area contributed by atoms with Gasteiger partial charge in [-0.25, -0.2) is 0 Å². The summed E-state index contributed by atoms with van der Waals surface area (Å²) >= 11 is 0. The highest BCUT2D eigenvalue weighted by atomic mass is 16.5. The fraction of sp³-hybridized carbons (Fsp3) is 0.607. The lowest BCUT2D eigenvalue weighted by Crippen LogP contribution is -2.16. The van der Waals surface area contributed by atoms with Crippen LogP contribution >= 0.6 is 0 Å². The van der Waals surface area contributed by atoms with Gasteiger partial charge in [-0.1, -0.05) is 89.5 Å². The molecule has 0 spiro atoms. The molecule has 2 aromatic rings. The van der Waals surface area contributed by atoms with Gasteiger partial charge in [0.05, 0.1) is 18.5 Å². The predicted octanol–water partition coefficient (Wildman–Crippen LogP) is 8.25. The first-order valence-electron chi connectivity index (χ1n) is 12.5. The normalized spacial score (nSPS) is 19.0. The van der Waals surface area contributed by atoms with E-state index in [0.717, 1.165) is 36.3 Å². The minimum absolute atomic E-state index is 0.746. The summed E-state index contributed by atoms with van der Waals surface area (Å²) in [5.41, 5.74) is 3.67. The average molecular weight is 408 g/mol. The highest BCUT2D eigenvalue weighted by Crippen LogP contribution is 2.35. The second-order valence-electron chi connectivity index (χ2n) is 9.21. The van der Waals surface area contributed by atoms with Gasteiger partial charge in [-0.3, -0.25) is 4.98 Å². The SMILES string of the molecule is CCCCCCC1CCCC(CCc2ccc(-c3ccc(OCCC)cn3)cc2)C1. The zero-order valence-corrected chi connectivity index (χ0v) is 19.2. The largest absolute Gasteiger partial charge is 0.492 e. The van der Waals surface area contributed by atoms with Gasteiger partial charge in [0.25, 0.3) is 0 Å². The molecule has 2 unspecified atom stereocenters. The van der Waals surface area contributed by atoms with Crippen molar-refractivity contribution in [3.8, 4) is 17.0 Å². The quantitative estimate of drug-likeness (QED) is 0.330. The Hall–Kier alpha value is -1.83. The van der Waals surface area contributed by atoms with Gasteiger partial charge in [-0.2, -0.15) is 0 Å². The molecule has 2 atom stereocenters. The van der Waals surface area contributed by atoms with Crippen molar-refractivity contribution in [3.05, 3.63) is 48.2 Å². The Morgan fingerprint density at radius 2 is 1.67 bits per heavy atom. The molecule has 0 aliphatic heterocycles. The Kier molecular flexibility index (Phi) is 9.73. The van der Waals surface area contributed by atoms with E-state index in [4.69, 9.17) is 4.74 Å². The molecule has 30 heavy (non-hydrogen) atoms. The summed E-state index contributed by atoms with van der Waals surface area (Å²) < 4.78 is 5.63. The van der Waals surface area contributed by atoms with Crippen LogP contribution in [-0.4, -0.2) is 11.6 Å². The Morgan fingerprint density at radius 1 is 0.867 bits per heavy atom. The highest BCUT2D eigenvalue weighted by molar-refractivity contribution is 5.59. The number of pyridine rings is 1. The lowest BCUT2D eigenvalue weighted by Gasteiger charge is -2.29. The first kappa shape index (κ1) is 22.8. The van der Waals surface area contributed by atoms with E-state index in [2.05, 4.69) is 49.2 Å². The van der Waals surface area contributed by atoms with Gasteiger partial charge < -0.3 is 4.74 Å². The van der Waals surface area contributed by atoms with Crippen LogP contribution in [0.25, 0.3) is 11.3 Å². The van der Waals surface area contributed by atoms with E-state index in [1.165, 1.54) is 81.8 Å². The topological polar surface area (TPSA) is 22.1 Å². The van der Waals surface area contributed by atoms with Crippen LogP contribution < -0.4 is 4.74 Å². The van der Waals surface area contributed by atoms with Gasteiger partial charge in [0.2, 0.25) is 0 Å². The van der Waals surface area contributed by atoms with Crippen LogP contribution in [0.5, 0.6) is 5.75 Å². The number of hydrogen-bond acceptors (Lipinski definition) is 2. The van der Waals surface area contributed by atoms with E-state index in [-0.39, 0.29) is 0 Å². The van der Waals surface area contributed by atoms with Crippen molar-refractivity contribution in [3.63, 3.8) is 0 Å². The van der Waals surface area contributed by atoms with Crippen molar-refractivity contribution in [1.29, 1.82) is 0 Å². The molecule has 1 heterocycles. The van der Waals surface area contributed by atoms with Crippen molar-refractivity contribution in [2.45, 2.75) is 90.9 Å². The lowest BCUT2D eigenvalue weighted by molar-refractivity contribution is 0.239. The molecular weight excluding hydrogens is 366 g/mol. The van der Waals surface area contributed by atoms with E-state index in [1.54, 1.807) is 0 Å². The molecule has 0 radical (unpaired) electrons.